The molecular formula is C9H21NO3S. The maximum Gasteiger partial charge on any atom is 0.147 e. The minimum absolute atomic E-state index is 0.0386. The minimum atomic E-state index is -2.84. The van der Waals surface area contributed by atoms with E-state index in [-0.39, 0.29) is 11.8 Å². The summed E-state index contributed by atoms with van der Waals surface area (Å²) in [6.07, 6.45) is 3.55. The number of sulfone groups is 1. The minimum Gasteiger partial charge on any atom is -0.380 e. The quantitative estimate of drug-likeness (QED) is 0.611. The van der Waals surface area contributed by atoms with Crippen LogP contribution in [-0.4, -0.2) is 39.7 Å². The molecule has 0 radical (unpaired) electrons. The van der Waals surface area contributed by atoms with Crippen LogP contribution in [0.1, 0.15) is 26.2 Å². The van der Waals surface area contributed by atoms with E-state index < -0.39 is 9.84 Å². The van der Waals surface area contributed by atoms with Crippen LogP contribution >= 0.6 is 0 Å². The van der Waals surface area contributed by atoms with E-state index in [2.05, 4.69) is 0 Å². The van der Waals surface area contributed by atoms with Crippen molar-refractivity contribution in [2.45, 2.75) is 32.2 Å². The second-order valence-electron chi connectivity index (χ2n) is 3.61. The van der Waals surface area contributed by atoms with E-state index in [9.17, 15) is 8.42 Å². The molecule has 0 aliphatic carbocycles. The van der Waals surface area contributed by atoms with Gasteiger partial charge in [-0.05, 0) is 19.3 Å². The second kappa shape index (κ2) is 7.20. The van der Waals surface area contributed by atoms with E-state index in [4.69, 9.17) is 10.5 Å². The first-order chi connectivity index (χ1) is 6.45. The Balaban J connectivity index is 3.40. The van der Waals surface area contributed by atoms with Gasteiger partial charge in [0.2, 0.25) is 0 Å². The van der Waals surface area contributed by atoms with Crippen LogP contribution in [0.5, 0.6) is 0 Å². The van der Waals surface area contributed by atoms with Crippen LogP contribution in [0.3, 0.4) is 0 Å². The molecule has 0 amide bonds. The molecule has 0 rings (SSSR count). The van der Waals surface area contributed by atoms with Crippen molar-refractivity contribution in [3.63, 3.8) is 0 Å². The predicted molar refractivity (Wildman–Crippen MR) is 58.0 cm³/mol. The van der Waals surface area contributed by atoms with E-state index in [1.54, 1.807) is 0 Å². The summed E-state index contributed by atoms with van der Waals surface area (Å²) in [5.74, 6) is 0.217. The number of rotatable bonds is 8. The third-order valence-electron chi connectivity index (χ3n) is 1.77. The van der Waals surface area contributed by atoms with E-state index in [0.717, 1.165) is 13.0 Å². The van der Waals surface area contributed by atoms with Gasteiger partial charge in [0.15, 0.2) is 0 Å². The number of nitrogens with two attached hydrogens (primary N) is 1. The summed E-state index contributed by atoms with van der Waals surface area (Å²) in [5.41, 5.74) is 5.72. The molecule has 0 fully saturated rings. The first-order valence-electron chi connectivity index (χ1n) is 4.96. The van der Waals surface area contributed by atoms with Crippen molar-refractivity contribution in [1.82, 2.24) is 0 Å². The Kier molecular flexibility index (Phi) is 7.13. The highest BCUT2D eigenvalue weighted by Crippen LogP contribution is 1.98. The lowest BCUT2D eigenvalue weighted by molar-refractivity contribution is 0.119. The molecule has 0 bridgehead atoms. The summed E-state index contributed by atoms with van der Waals surface area (Å²) in [4.78, 5) is 0. The van der Waals surface area contributed by atoms with Gasteiger partial charge in [0, 0.05) is 24.7 Å². The SMILES string of the molecule is CCCOCC(N)CCCS(C)(=O)=O. The van der Waals surface area contributed by atoms with Crippen LogP contribution in [0.2, 0.25) is 0 Å². The smallest absolute Gasteiger partial charge is 0.147 e. The van der Waals surface area contributed by atoms with Crippen LogP contribution in [0.25, 0.3) is 0 Å². The van der Waals surface area contributed by atoms with E-state index >= 15 is 0 Å². The van der Waals surface area contributed by atoms with Gasteiger partial charge in [0.1, 0.15) is 9.84 Å². The molecule has 0 saturated carbocycles. The standard InChI is InChI=1S/C9H21NO3S/c1-3-6-13-8-9(10)5-4-7-14(2,11)12/h9H,3-8,10H2,1-2H3. The molecule has 0 aliphatic rings. The monoisotopic (exact) mass is 223 g/mol. The number of ether oxygens (including phenoxy) is 1. The maximum absolute atomic E-state index is 10.8. The first-order valence-corrected chi connectivity index (χ1v) is 7.03. The van der Waals surface area contributed by atoms with Gasteiger partial charge in [-0.3, -0.25) is 0 Å². The lowest BCUT2D eigenvalue weighted by Crippen LogP contribution is -2.27. The molecular weight excluding hydrogens is 202 g/mol. The predicted octanol–water partition coefficient (Wildman–Crippen LogP) is 0.565. The zero-order valence-electron chi connectivity index (χ0n) is 9.03. The van der Waals surface area contributed by atoms with Crippen LogP contribution in [0.15, 0.2) is 0 Å². The Labute approximate surface area is 86.7 Å². The highest BCUT2D eigenvalue weighted by atomic mass is 32.2. The number of hydrogen-bond acceptors (Lipinski definition) is 4. The zero-order chi connectivity index (χ0) is 11.0. The van der Waals surface area contributed by atoms with Crippen molar-refractivity contribution < 1.29 is 13.2 Å². The molecule has 4 nitrogen and oxygen atoms in total. The average molecular weight is 223 g/mol. The van der Waals surface area contributed by atoms with Gasteiger partial charge < -0.3 is 10.5 Å². The van der Waals surface area contributed by atoms with Crippen LogP contribution in [0, 0.1) is 0 Å². The molecule has 2 N–H and O–H groups in total. The molecule has 0 saturated heterocycles. The Bertz CT molecular complexity index is 226. The van der Waals surface area contributed by atoms with Crippen molar-refractivity contribution in [2.24, 2.45) is 5.73 Å². The topological polar surface area (TPSA) is 69.4 Å². The normalized spacial score (nSPS) is 14.2. The maximum atomic E-state index is 10.8. The average Bonchev–Trinajstić information content (AvgIpc) is 2.02. The van der Waals surface area contributed by atoms with Crippen molar-refractivity contribution in [3.8, 4) is 0 Å². The summed E-state index contributed by atoms with van der Waals surface area (Å²) in [7, 11) is -2.84. The molecule has 0 spiro atoms. The number of hydrogen-bond donors (Lipinski definition) is 1. The molecule has 0 aromatic heterocycles. The largest absolute Gasteiger partial charge is 0.380 e. The Morgan fingerprint density at radius 1 is 1.43 bits per heavy atom. The van der Waals surface area contributed by atoms with Gasteiger partial charge in [-0.1, -0.05) is 6.92 Å². The fraction of sp³-hybridized carbons (Fsp3) is 1.00. The lowest BCUT2D eigenvalue weighted by Gasteiger charge is -2.10. The van der Waals surface area contributed by atoms with Gasteiger partial charge in [0.05, 0.1) is 6.61 Å². The van der Waals surface area contributed by atoms with Gasteiger partial charge in [-0.15, -0.1) is 0 Å². The highest BCUT2D eigenvalue weighted by molar-refractivity contribution is 7.90. The van der Waals surface area contributed by atoms with Gasteiger partial charge in [0.25, 0.3) is 0 Å². The molecule has 0 aromatic rings. The van der Waals surface area contributed by atoms with Crippen LogP contribution in [-0.2, 0) is 14.6 Å². The Morgan fingerprint density at radius 2 is 2.07 bits per heavy atom. The fourth-order valence-electron chi connectivity index (χ4n) is 1.07. The summed E-state index contributed by atoms with van der Waals surface area (Å²) in [6.45, 7) is 3.28. The summed E-state index contributed by atoms with van der Waals surface area (Å²) in [5, 5.41) is 0. The third kappa shape index (κ3) is 9.95. The van der Waals surface area contributed by atoms with E-state index in [1.165, 1.54) is 6.26 Å². The van der Waals surface area contributed by atoms with Crippen molar-refractivity contribution >= 4 is 9.84 Å². The lowest BCUT2D eigenvalue weighted by atomic mass is 10.2. The summed E-state index contributed by atoms with van der Waals surface area (Å²) in [6, 6.07) is -0.0386. The second-order valence-corrected chi connectivity index (χ2v) is 5.87. The molecule has 0 aromatic carbocycles. The molecule has 0 aliphatic heterocycles. The third-order valence-corrected chi connectivity index (χ3v) is 2.80. The van der Waals surface area contributed by atoms with Crippen molar-refractivity contribution in [2.75, 3.05) is 25.2 Å². The van der Waals surface area contributed by atoms with Crippen LogP contribution in [0.4, 0.5) is 0 Å². The van der Waals surface area contributed by atoms with Gasteiger partial charge in [-0.25, -0.2) is 8.42 Å². The van der Waals surface area contributed by atoms with Crippen molar-refractivity contribution in [1.29, 1.82) is 0 Å². The summed E-state index contributed by atoms with van der Waals surface area (Å²) < 4.78 is 26.9. The van der Waals surface area contributed by atoms with E-state index in [1.807, 2.05) is 6.92 Å². The molecule has 5 heteroatoms. The highest BCUT2D eigenvalue weighted by Gasteiger charge is 2.06. The van der Waals surface area contributed by atoms with Crippen LogP contribution < -0.4 is 5.73 Å². The fourth-order valence-corrected chi connectivity index (χ4v) is 1.76. The molecule has 0 heterocycles. The molecule has 1 atom stereocenters. The van der Waals surface area contributed by atoms with Crippen molar-refractivity contribution in [3.05, 3.63) is 0 Å². The van der Waals surface area contributed by atoms with Gasteiger partial charge in [-0.2, -0.15) is 0 Å². The first kappa shape index (κ1) is 13.9. The zero-order valence-corrected chi connectivity index (χ0v) is 9.85. The van der Waals surface area contributed by atoms with E-state index in [0.29, 0.717) is 19.4 Å². The summed E-state index contributed by atoms with van der Waals surface area (Å²) >= 11 is 0. The Hall–Kier alpha value is -0.130. The van der Waals surface area contributed by atoms with Gasteiger partial charge >= 0.3 is 0 Å². The molecule has 1 unspecified atom stereocenters. The molecule has 86 valence electrons. The molecule has 14 heavy (non-hydrogen) atoms. The Morgan fingerprint density at radius 3 is 2.57 bits per heavy atom.